The van der Waals surface area contributed by atoms with Crippen molar-refractivity contribution < 1.29 is 14.6 Å². The molecule has 32 heavy (non-hydrogen) atoms. The van der Waals surface area contributed by atoms with E-state index < -0.39 is 15.5 Å². The van der Waals surface area contributed by atoms with Crippen molar-refractivity contribution in [3.8, 4) is 5.75 Å². The molecule has 0 radical (unpaired) electrons. The van der Waals surface area contributed by atoms with Crippen LogP contribution in [0.25, 0.3) is 0 Å². The number of halogens is 3. The summed E-state index contributed by atoms with van der Waals surface area (Å²) >= 11 is 13.1. The number of nitrogens with one attached hydrogen (secondary N) is 1. The van der Waals surface area contributed by atoms with Crippen LogP contribution in [0.3, 0.4) is 0 Å². The first-order valence-electron chi connectivity index (χ1n) is 8.83. The van der Waals surface area contributed by atoms with Crippen molar-refractivity contribution in [2.24, 2.45) is 5.10 Å². The highest BCUT2D eigenvalue weighted by Gasteiger charge is 2.19. The molecule has 0 spiro atoms. The molecule has 3 aromatic rings. The van der Waals surface area contributed by atoms with Gasteiger partial charge >= 0.3 is 5.69 Å². The monoisotopic (exact) mass is 582 g/mol. The lowest BCUT2D eigenvalue weighted by Gasteiger charge is -2.12. The minimum Gasteiger partial charge on any atom is -0.486 e. The van der Waals surface area contributed by atoms with Crippen LogP contribution in [0.2, 0.25) is 5.02 Å². The molecule has 0 saturated heterocycles. The number of hydrogen-bond donors (Lipinski definition) is 1. The summed E-state index contributed by atoms with van der Waals surface area (Å²) in [4.78, 5) is 20.6. The van der Waals surface area contributed by atoms with Crippen molar-refractivity contribution in [2.75, 3.05) is 5.43 Å². The molecule has 1 N–H and O–H groups in total. The van der Waals surface area contributed by atoms with Crippen molar-refractivity contribution in [1.82, 2.24) is 0 Å². The number of nitro benzene ring substituents is 2. The summed E-state index contributed by atoms with van der Waals surface area (Å²) in [5.41, 5.74) is 3.23. The minimum absolute atomic E-state index is 0.0228. The number of rotatable bonds is 8. The Labute approximate surface area is 203 Å². The fraction of sp³-hybridized carbons (Fsp3) is 0.0500. The molecule has 3 aromatic carbocycles. The highest BCUT2D eigenvalue weighted by molar-refractivity contribution is 9.11. The Kier molecular flexibility index (Phi) is 7.78. The van der Waals surface area contributed by atoms with Crippen LogP contribution in [0.4, 0.5) is 17.1 Å². The summed E-state index contributed by atoms with van der Waals surface area (Å²) in [7, 11) is 0. The van der Waals surface area contributed by atoms with Gasteiger partial charge in [0.15, 0.2) is 0 Å². The zero-order valence-electron chi connectivity index (χ0n) is 16.0. The molecule has 0 aliphatic rings. The number of hydrazone groups is 1. The van der Waals surface area contributed by atoms with E-state index in [0.717, 1.165) is 17.7 Å². The lowest BCUT2D eigenvalue weighted by molar-refractivity contribution is -0.393. The van der Waals surface area contributed by atoms with Crippen LogP contribution >= 0.6 is 43.5 Å². The third-order valence-corrected chi connectivity index (χ3v) is 5.68. The Morgan fingerprint density at radius 1 is 1.03 bits per heavy atom. The molecule has 164 valence electrons. The molecular formula is C20H13Br2ClN4O5. The van der Waals surface area contributed by atoms with Crippen LogP contribution in [-0.2, 0) is 6.61 Å². The maximum Gasteiger partial charge on any atom is 0.301 e. The van der Waals surface area contributed by atoms with Crippen LogP contribution in [-0.4, -0.2) is 16.1 Å². The summed E-state index contributed by atoms with van der Waals surface area (Å²) in [6.07, 6.45) is 1.44. The van der Waals surface area contributed by atoms with Crippen LogP contribution in [0, 0.1) is 20.2 Å². The first kappa shape index (κ1) is 23.6. The van der Waals surface area contributed by atoms with Gasteiger partial charge in [-0.15, -0.1) is 0 Å². The number of hydrogen-bond acceptors (Lipinski definition) is 7. The lowest BCUT2D eigenvalue weighted by Crippen LogP contribution is -2.00. The highest BCUT2D eigenvalue weighted by atomic mass is 79.9. The maximum atomic E-state index is 11.2. The molecule has 0 saturated carbocycles. The van der Waals surface area contributed by atoms with Gasteiger partial charge in [0.2, 0.25) is 0 Å². The average Bonchev–Trinajstić information content (AvgIpc) is 2.74. The van der Waals surface area contributed by atoms with Crippen molar-refractivity contribution in [3.05, 3.63) is 99.9 Å². The summed E-state index contributed by atoms with van der Waals surface area (Å²) in [6, 6.07) is 14.1. The van der Waals surface area contributed by atoms with Gasteiger partial charge < -0.3 is 4.74 Å². The SMILES string of the molecule is O=[N+]([O-])c1ccc(N/N=C\c2cc(Br)c(OCc3ccccc3Cl)c(Br)c2)c([N+](=O)[O-])c1. The van der Waals surface area contributed by atoms with E-state index in [4.69, 9.17) is 16.3 Å². The summed E-state index contributed by atoms with van der Waals surface area (Å²) in [5.74, 6) is 0.570. The third-order valence-electron chi connectivity index (χ3n) is 4.14. The second kappa shape index (κ2) is 10.5. The Morgan fingerprint density at radius 3 is 2.34 bits per heavy atom. The number of anilines is 1. The average molecular weight is 585 g/mol. The van der Waals surface area contributed by atoms with Crippen molar-refractivity contribution >= 4 is 66.7 Å². The Hall–Kier alpha value is -3.02. The van der Waals surface area contributed by atoms with Gasteiger partial charge in [-0.2, -0.15) is 5.10 Å². The molecule has 9 nitrogen and oxygen atoms in total. The smallest absolute Gasteiger partial charge is 0.301 e. The van der Waals surface area contributed by atoms with E-state index in [-0.39, 0.29) is 18.0 Å². The molecule has 0 aliphatic carbocycles. The van der Waals surface area contributed by atoms with Crippen molar-refractivity contribution in [2.45, 2.75) is 6.61 Å². The fourth-order valence-corrected chi connectivity index (χ4v) is 4.25. The highest BCUT2D eigenvalue weighted by Crippen LogP contribution is 2.35. The van der Waals surface area contributed by atoms with Gasteiger partial charge in [-0.05, 0) is 61.7 Å². The first-order chi connectivity index (χ1) is 15.3. The molecule has 0 aliphatic heterocycles. The number of benzene rings is 3. The van der Waals surface area contributed by atoms with Gasteiger partial charge in [0, 0.05) is 16.7 Å². The van der Waals surface area contributed by atoms with E-state index in [1.54, 1.807) is 18.2 Å². The summed E-state index contributed by atoms with van der Waals surface area (Å²) in [5, 5.41) is 26.6. The maximum absolute atomic E-state index is 11.2. The van der Waals surface area contributed by atoms with Crippen LogP contribution in [0.15, 0.2) is 68.6 Å². The van der Waals surface area contributed by atoms with Gasteiger partial charge in [0.1, 0.15) is 18.0 Å². The normalized spacial score (nSPS) is 10.8. The van der Waals surface area contributed by atoms with E-state index in [9.17, 15) is 20.2 Å². The largest absolute Gasteiger partial charge is 0.486 e. The van der Waals surface area contributed by atoms with E-state index in [2.05, 4.69) is 42.4 Å². The molecule has 12 heteroatoms. The zero-order chi connectivity index (χ0) is 23.3. The number of ether oxygens (including phenoxy) is 1. The van der Waals surface area contributed by atoms with E-state index >= 15 is 0 Å². The van der Waals surface area contributed by atoms with E-state index in [1.807, 2.05) is 18.2 Å². The first-order valence-corrected chi connectivity index (χ1v) is 10.8. The topological polar surface area (TPSA) is 120 Å². The predicted octanol–water partition coefficient (Wildman–Crippen LogP) is 6.71. The molecule has 0 aromatic heterocycles. The summed E-state index contributed by atoms with van der Waals surface area (Å²) in [6.45, 7) is 0.273. The Morgan fingerprint density at radius 2 is 1.72 bits per heavy atom. The molecule has 0 fully saturated rings. The van der Waals surface area contributed by atoms with E-state index in [1.165, 1.54) is 12.3 Å². The summed E-state index contributed by atoms with van der Waals surface area (Å²) < 4.78 is 7.18. The standard InChI is InChI=1S/C20H13Br2ClN4O5/c21-15-7-12(8-16(22)20(15)32-11-13-3-1-2-4-17(13)23)10-24-25-18-6-5-14(26(28)29)9-19(18)27(30)31/h1-10,25H,11H2/b24-10-. The molecule has 3 rings (SSSR count). The quantitative estimate of drug-likeness (QED) is 0.179. The number of nitrogens with zero attached hydrogens (tertiary/aromatic N) is 3. The van der Waals surface area contributed by atoms with Gasteiger partial charge in [0.25, 0.3) is 5.69 Å². The van der Waals surface area contributed by atoms with Crippen LogP contribution in [0.1, 0.15) is 11.1 Å². The van der Waals surface area contributed by atoms with Gasteiger partial charge in [0.05, 0.1) is 31.1 Å². The lowest BCUT2D eigenvalue weighted by atomic mass is 10.2. The van der Waals surface area contributed by atoms with Gasteiger partial charge in [-0.3, -0.25) is 25.7 Å². The van der Waals surface area contributed by atoms with Crippen molar-refractivity contribution in [1.29, 1.82) is 0 Å². The second-order valence-corrected chi connectivity index (χ2v) is 8.40. The van der Waals surface area contributed by atoms with Crippen LogP contribution < -0.4 is 10.2 Å². The second-order valence-electron chi connectivity index (χ2n) is 6.28. The number of non-ortho nitro benzene ring substituents is 1. The molecule has 0 heterocycles. The number of nitro groups is 2. The van der Waals surface area contributed by atoms with Gasteiger partial charge in [-0.1, -0.05) is 29.8 Å². The molecule has 0 atom stereocenters. The minimum atomic E-state index is -0.719. The van der Waals surface area contributed by atoms with Gasteiger partial charge in [-0.25, -0.2) is 0 Å². The third kappa shape index (κ3) is 5.81. The Balaban J connectivity index is 1.74. The van der Waals surface area contributed by atoms with E-state index in [0.29, 0.717) is 25.3 Å². The Bertz CT molecular complexity index is 1200. The fourth-order valence-electron chi connectivity index (χ4n) is 2.61. The van der Waals surface area contributed by atoms with Crippen molar-refractivity contribution in [3.63, 3.8) is 0 Å². The predicted molar refractivity (Wildman–Crippen MR) is 129 cm³/mol. The molecule has 0 unspecified atom stereocenters. The molecule has 0 bridgehead atoms. The zero-order valence-corrected chi connectivity index (χ0v) is 19.9. The van der Waals surface area contributed by atoms with Crippen LogP contribution in [0.5, 0.6) is 5.75 Å². The molecule has 0 amide bonds. The molecular weight excluding hydrogens is 572 g/mol.